The minimum absolute atomic E-state index is 0.317. The predicted octanol–water partition coefficient (Wildman–Crippen LogP) is 2.53. The Kier molecular flexibility index (Phi) is 4.29. The van der Waals surface area contributed by atoms with E-state index in [0.717, 1.165) is 0 Å². The second-order valence-corrected chi connectivity index (χ2v) is 8.23. The fourth-order valence-corrected chi connectivity index (χ4v) is 3.83. The summed E-state index contributed by atoms with van der Waals surface area (Å²) in [4.78, 5) is 0. The second-order valence-electron chi connectivity index (χ2n) is 2.75. The Morgan fingerprint density at radius 3 is 1.86 bits per heavy atom. The molecule has 0 saturated carbocycles. The molecule has 0 heterocycles. The van der Waals surface area contributed by atoms with Crippen LogP contribution in [0, 0.1) is 0 Å². The fourth-order valence-electron chi connectivity index (χ4n) is 0.562. The summed E-state index contributed by atoms with van der Waals surface area (Å²) in [5.41, 5.74) is -5.22. The van der Waals surface area contributed by atoms with Crippen molar-refractivity contribution in [2.24, 2.45) is 0 Å². The zero-order chi connectivity index (χ0) is 11.6. The van der Waals surface area contributed by atoms with E-state index in [1.54, 1.807) is 13.8 Å². The molecule has 0 amide bonds. The summed E-state index contributed by atoms with van der Waals surface area (Å²) in [7, 11) is -7.29. The summed E-state index contributed by atoms with van der Waals surface area (Å²) in [6, 6.07) is 0. The molecule has 8 heteroatoms. The maximum atomic E-state index is 12.0. The average molecular weight is 255 g/mol. The number of rotatable bonds is 3. The Hall–Kier alpha value is 0.0500. The lowest BCUT2D eigenvalue weighted by Crippen LogP contribution is -2.25. The minimum atomic E-state index is -5.22. The number of halogens is 3. The molecule has 0 aromatic heterocycles. The molecular formula is C6H14F3O3S2+. The molecule has 3 nitrogen and oxygen atoms in total. The second kappa shape index (κ2) is 4.28. The van der Waals surface area contributed by atoms with Crippen molar-refractivity contribution in [2.75, 3.05) is 17.8 Å². The van der Waals surface area contributed by atoms with Gasteiger partial charge in [-0.3, -0.25) is 0 Å². The Balaban J connectivity index is 5.28. The van der Waals surface area contributed by atoms with Gasteiger partial charge in [-0.25, -0.2) is 4.55 Å². The number of hydrogen-bond donors (Lipinski definition) is 1. The van der Waals surface area contributed by atoms with E-state index in [0.29, 0.717) is 11.5 Å². The van der Waals surface area contributed by atoms with Crippen LogP contribution in [-0.2, 0) is 13.4 Å². The quantitative estimate of drug-likeness (QED) is 0.478. The maximum absolute atomic E-state index is 12.0. The summed E-state index contributed by atoms with van der Waals surface area (Å²) < 4.78 is 59.7. The Morgan fingerprint density at radius 2 is 1.64 bits per heavy atom. The van der Waals surface area contributed by atoms with Gasteiger partial charge in [0, 0.05) is 6.26 Å². The molecule has 14 heavy (non-hydrogen) atoms. The van der Waals surface area contributed by atoms with Crippen LogP contribution in [0.3, 0.4) is 0 Å². The van der Waals surface area contributed by atoms with Gasteiger partial charge in [0.1, 0.15) is 10.3 Å². The van der Waals surface area contributed by atoms with E-state index >= 15 is 0 Å². The Labute approximate surface area is 83.3 Å². The van der Waals surface area contributed by atoms with Crippen molar-refractivity contribution in [3.63, 3.8) is 0 Å². The van der Waals surface area contributed by atoms with Crippen LogP contribution in [0.15, 0.2) is 0 Å². The first kappa shape index (κ1) is 14.1. The van der Waals surface area contributed by atoms with E-state index < -0.39 is 25.9 Å². The summed E-state index contributed by atoms with van der Waals surface area (Å²) in [6.07, 6.45) is 1.45. The molecule has 0 rings (SSSR count). The van der Waals surface area contributed by atoms with Gasteiger partial charge in [0.2, 0.25) is 0 Å². The summed E-state index contributed by atoms with van der Waals surface area (Å²) in [5.74, 6) is 0.633. The van der Waals surface area contributed by atoms with Crippen LogP contribution >= 0.6 is 10.3 Å². The lowest BCUT2D eigenvalue weighted by Gasteiger charge is -2.15. The van der Waals surface area contributed by atoms with Crippen LogP contribution in [0.25, 0.3) is 0 Å². The van der Waals surface area contributed by atoms with Gasteiger partial charge in [-0.15, -0.1) is 7.49 Å². The lowest BCUT2D eigenvalue weighted by atomic mass is 11.0. The highest BCUT2D eigenvalue weighted by molar-refractivity contribution is 8.30. The number of hydrogen-bond acceptors (Lipinski definition) is 1. The molecule has 1 N–H and O–H groups in total. The molecule has 0 spiro atoms. The van der Waals surface area contributed by atoms with Crippen molar-refractivity contribution >= 4 is 20.4 Å². The van der Waals surface area contributed by atoms with E-state index in [1.165, 1.54) is 6.26 Å². The monoisotopic (exact) mass is 255 g/mol. The molecular weight excluding hydrogens is 241 g/mol. The highest BCUT2D eigenvalue weighted by Gasteiger charge is 2.54. The van der Waals surface area contributed by atoms with Crippen LogP contribution in [0.5, 0.6) is 0 Å². The van der Waals surface area contributed by atoms with E-state index in [-0.39, 0.29) is 0 Å². The van der Waals surface area contributed by atoms with Crippen molar-refractivity contribution in [3.8, 4) is 0 Å². The Bertz CT molecular complexity index is 300. The summed E-state index contributed by atoms with van der Waals surface area (Å²) in [6.45, 7) is 3.26. The van der Waals surface area contributed by atoms with Gasteiger partial charge in [-0.2, -0.15) is 13.2 Å². The highest BCUT2D eigenvalue weighted by Crippen LogP contribution is 2.43. The molecule has 0 aliphatic heterocycles. The summed E-state index contributed by atoms with van der Waals surface area (Å²) >= 11 is 0. The topological polar surface area (TPSA) is 48.6 Å². The zero-order valence-electron chi connectivity index (χ0n) is 8.13. The zero-order valence-corrected chi connectivity index (χ0v) is 9.76. The molecule has 0 aromatic carbocycles. The first-order valence-corrected chi connectivity index (χ1v) is 7.60. The van der Waals surface area contributed by atoms with Gasteiger partial charge in [-0.05, 0) is 13.8 Å². The van der Waals surface area contributed by atoms with Crippen molar-refractivity contribution in [3.05, 3.63) is 0 Å². The molecule has 0 radical (unpaired) electrons. The van der Waals surface area contributed by atoms with E-state index in [1.807, 2.05) is 0 Å². The molecule has 0 aliphatic rings. The van der Waals surface area contributed by atoms with Crippen molar-refractivity contribution in [2.45, 2.75) is 19.4 Å². The van der Waals surface area contributed by atoms with Gasteiger partial charge in [0.15, 0.2) is 0 Å². The summed E-state index contributed by atoms with van der Waals surface area (Å²) in [5, 5.41) is 0. The molecule has 0 bridgehead atoms. The van der Waals surface area contributed by atoms with Gasteiger partial charge in [0.25, 0.3) is 0 Å². The van der Waals surface area contributed by atoms with Gasteiger partial charge >= 0.3 is 15.6 Å². The van der Waals surface area contributed by atoms with Gasteiger partial charge in [0.05, 0.1) is 11.5 Å². The van der Waals surface area contributed by atoms with E-state index in [9.17, 15) is 17.4 Å². The molecule has 0 aromatic rings. The largest absolute Gasteiger partial charge is 0.576 e. The van der Waals surface area contributed by atoms with Crippen molar-refractivity contribution in [1.29, 1.82) is 0 Å². The van der Waals surface area contributed by atoms with Crippen LogP contribution < -0.4 is 0 Å². The van der Waals surface area contributed by atoms with Crippen LogP contribution in [0.1, 0.15) is 13.8 Å². The van der Waals surface area contributed by atoms with Crippen molar-refractivity contribution in [1.82, 2.24) is 0 Å². The van der Waals surface area contributed by atoms with Crippen LogP contribution in [0.2, 0.25) is 0 Å². The van der Waals surface area contributed by atoms with Gasteiger partial charge in [-0.1, -0.05) is 0 Å². The first-order chi connectivity index (χ1) is 6.08. The highest BCUT2D eigenvalue weighted by atomic mass is 32.3. The molecule has 0 fully saturated rings. The minimum Gasteiger partial charge on any atom is -0.238 e. The maximum Gasteiger partial charge on any atom is 0.576 e. The van der Waals surface area contributed by atoms with E-state index in [4.69, 9.17) is 4.55 Å². The lowest BCUT2D eigenvalue weighted by molar-refractivity contribution is -0.0541. The molecule has 1 unspecified atom stereocenters. The third-order valence-corrected chi connectivity index (χ3v) is 6.85. The average Bonchev–Trinajstić information content (AvgIpc) is 2.01. The smallest absolute Gasteiger partial charge is 0.238 e. The third-order valence-electron chi connectivity index (χ3n) is 1.77. The molecule has 1 atom stereocenters. The molecule has 0 saturated heterocycles. The third kappa shape index (κ3) is 3.32. The first-order valence-electron chi connectivity index (χ1n) is 3.85. The SMILES string of the molecule is CCS(C)(CC)[O+]=S(=O)(O)C(F)(F)F. The molecule has 0 aliphatic carbocycles. The van der Waals surface area contributed by atoms with Crippen molar-refractivity contribution < 1.29 is 25.2 Å². The standard InChI is InChI=1S/C6H13F3O3S2/c1-4-13(3,5-2)12-14(10,11)6(7,8)9/h4-5H2,1-3H3/p+1. The predicted molar refractivity (Wildman–Crippen MR) is 52.1 cm³/mol. The fraction of sp³-hybridized carbons (Fsp3) is 1.00. The molecule has 88 valence electrons. The van der Waals surface area contributed by atoms with E-state index in [2.05, 4.69) is 3.29 Å². The van der Waals surface area contributed by atoms with Crippen LogP contribution in [-0.4, -0.2) is 32.0 Å². The Morgan fingerprint density at radius 1 is 1.29 bits per heavy atom. The number of alkyl halides is 3. The van der Waals surface area contributed by atoms with Crippen LogP contribution in [0.4, 0.5) is 13.2 Å². The van der Waals surface area contributed by atoms with Gasteiger partial charge < -0.3 is 0 Å². The normalized spacial score (nSPS) is 18.8.